The van der Waals surface area contributed by atoms with Crippen molar-refractivity contribution in [3.63, 3.8) is 0 Å². The minimum absolute atomic E-state index is 0.643. The molecule has 2 nitrogen and oxygen atoms in total. The fraction of sp³-hybridized carbons (Fsp3) is 0.571. The van der Waals surface area contributed by atoms with Crippen LogP contribution in [-0.2, 0) is 5.75 Å². The third kappa shape index (κ3) is 2.51. The standard InChI is InChI=1S/C14H20N2S/c1-2-5-13-12(4-1)10-17-11-14(13)16-8-3-6-15-7-9-16/h1-2,4-5,14-15H,3,6-11H2/t14-/m1/s1. The van der Waals surface area contributed by atoms with Crippen LogP contribution in [0.15, 0.2) is 24.3 Å². The molecule has 0 unspecified atom stereocenters. The van der Waals surface area contributed by atoms with Gasteiger partial charge in [-0.2, -0.15) is 11.8 Å². The van der Waals surface area contributed by atoms with E-state index in [0.29, 0.717) is 6.04 Å². The number of thioether (sulfide) groups is 1. The van der Waals surface area contributed by atoms with Crippen LogP contribution in [0.1, 0.15) is 23.6 Å². The van der Waals surface area contributed by atoms with Gasteiger partial charge in [-0.05, 0) is 24.1 Å². The van der Waals surface area contributed by atoms with E-state index in [2.05, 4.69) is 46.2 Å². The summed E-state index contributed by atoms with van der Waals surface area (Å²) in [6.07, 6.45) is 1.28. The van der Waals surface area contributed by atoms with Crippen LogP contribution in [0.5, 0.6) is 0 Å². The highest BCUT2D eigenvalue weighted by Crippen LogP contribution is 2.35. The molecule has 1 atom stereocenters. The van der Waals surface area contributed by atoms with Crippen LogP contribution in [0, 0.1) is 0 Å². The van der Waals surface area contributed by atoms with Crippen LogP contribution in [0.25, 0.3) is 0 Å². The second-order valence-electron chi connectivity index (χ2n) is 4.87. The van der Waals surface area contributed by atoms with Gasteiger partial charge in [-0.1, -0.05) is 24.3 Å². The molecule has 0 bridgehead atoms. The van der Waals surface area contributed by atoms with Gasteiger partial charge in [-0.25, -0.2) is 0 Å². The van der Waals surface area contributed by atoms with Crippen molar-refractivity contribution < 1.29 is 0 Å². The van der Waals surface area contributed by atoms with E-state index in [1.807, 2.05) is 0 Å². The van der Waals surface area contributed by atoms with Crippen molar-refractivity contribution in [3.8, 4) is 0 Å². The van der Waals surface area contributed by atoms with E-state index in [0.717, 1.165) is 6.54 Å². The largest absolute Gasteiger partial charge is 0.315 e. The van der Waals surface area contributed by atoms with Crippen molar-refractivity contribution >= 4 is 11.8 Å². The Hall–Kier alpha value is -0.510. The predicted molar refractivity (Wildman–Crippen MR) is 74.4 cm³/mol. The Balaban J connectivity index is 1.83. The van der Waals surface area contributed by atoms with Crippen LogP contribution >= 0.6 is 11.8 Å². The van der Waals surface area contributed by atoms with Gasteiger partial charge in [0.2, 0.25) is 0 Å². The summed E-state index contributed by atoms with van der Waals surface area (Å²) in [5.41, 5.74) is 3.12. The maximum atomic E-state index is 3.49. The molecule has 2 heterocycles. The number of hydrogen-bond donors (Lipinski definition) is 1. The monoisotopic (exact) mass is 248 g/mol. The van der Waals surface area contributed by atoms with Gasteiger partial charge in [0.05, 0.1) is 0 Å². The Labute approximate surface area is 108 Å². The van der Waals surface area contributed by atoms with Gasteiger partial charge in [0.15, 0.2) is 0 Å². The Kier molecular flexibility index (Phi) is 3.69. The van der Waals surface area contributed by atoms with E-state index < -0.39 is 0 Å². The zero-order chi connectivity index (χ0) is 11.5. The summed E-state index contributed by atoms with van der Waals surface area (Å²) < 4.78 is 0. The molecule has 2 aliphatic heterocycles. The first kappa shape index (κ1) is 11.6. The molecule has 1 aromatic rings. The lowest BCUT2D eigenvalue weighted by atomic mass is 10.0. The van der Waals surface area contributed by atoms with E-state index >= 15 is 0 Å². The van der Waals surface area contributed by atoms with Gasteiger partial charge in [-0.15, -0.1) is 0 Å². The fourth-order valence-electron chi connectivity index (χ4n) is 2.84. The molecular formula is C14H20N2S. The Morgan fingerprint density at radius 3 is 3.12 bits per heavy atom. The first-order valence-corrected chi connectivity index (χ1v) is 7.71. The molecule has 17 heavy (non-hydrogen) atoms. The molecule has 3 rings (SSSR count). The third-order valence-corrected chi connectivity index (χ3v) is 4.83. The summed E-state index contributed by atoms with van der Waals surface area (Å²) in [7, 11) is 0. The van der Waals surface area contributed by atoms with Crippen molar-refractivity contribution in [1.29, 1.82) is 0 Å². The van der Waals surface area contributed by atoms with Gasteiger partial charge >= 0.3 is 0 Å². The van der Waals surface area contributed by atoms with Gasteiger partial charge in [-0.3, -0.25) is 4.90 Å². The molecule has 1 N–H and O–H groups in total. The maximum Gasteiger partial charge on any atom is 0.0442 e. The highest BCUT2D eigenvalue weighted by molar-refractivity contribution is 7.98. The quantitative estimate of drug-likeness (QED) is 0.821. The molecule has 0 spiro atoms. The number of nitrogens with zero attached hydrogens (tertiary/aromatic N) is 1. The van der Waals surface area contributed by atoms with Crippen LogP contribution in [0.2, 0.25) is 0 Å². The molecule has 3 heteroatoms. The summed E-state index contributed by atoms with van der Waals surface area (Å²) >= 11 is 2.08. The first-order chi connectivity index (χ1) is 8.45. The number of rotatable bonds is 1. The number of hydrogen-bond acceptors (Lipinski definition) is 3. The second kappa shape index (κ2) is 5.42. The second-order valence-corrected chi connectivity index (χ2v) is 5.90. The lowest BCUT2D eigenvalue weighted by Gasteiger charge is -2.34. The van der Waals surface area contributed by atoms with Crippen molar-refractivity contribution in [2.24, 2.45) is 0 Å². The summed E-state index contributed by atoms with van der Waals surface area (Å²) in [6, 6.07) is 9.64. The Morgan fingerprint density at radius 2 is 2.12 bits per heavy atom. The van der Waals surface area contributed by atoms with Crippen LogP contribution in [0.4, 0.5) is 0 Å². The van der Waals surface area contributed by atoms with Crippen molar-refractivity contribution in [2.75, 3.05) is 31.9 Å². The lowest BCUT2D eigenvalue weighted by Crippen LogP contribution is -2.35. The molecule has 0 aromatic heterocycles. The normalized spacial score (nSPS) is 26.2. The molecule has 2 aliphatic rings. The summed E-state index contributed by atoms with van der Waals surface area (Å²) in [6.45, 7) is 4.76. The highest BCUT2D eigenvalue weighted by Gasteiger charge is 2.26. The molecule has 0 saturated carbocycles. The third-order valence-electron chi connectivity index (χ3n) is 3.76. The lowest BCUT2D eigenvalue weighted by molar-refractivity contribution is 0.227. The fourth-order valence-corrected chi connectivity index (χ4v) is 4.06. The van der Waals surface area contributed by atoms with Crippen molar-refractivity contribution in [3.05, 3.63) is 35.4 Å². The van der Waals surface area contributed by atoms with Gasteiger partial charge < -0.3 is 5.32 Å². The highest BCUT2D eigenvalue weighted by atomic mass is 32.2. The van der Waals surface area contributed by atoms with E-state index in [4.69, 9.17) is 0 Å². The van der Waals surface area contributed by atoms with Crippen molar-refractivity contribution in [1.82, 2.24) is 10.2 Å². The van der Waals surface area contributed by atoms with Gasteiger partial charge in [0, 0.05) is 37.2 Å². The molecule has 0 amide bonds. The number of nitrogens with one attached hydrogen (secondary N) is 1. The first-order valence-electron chi connectivity index (χ1n) is 6.55. The molecule has 0 aliphatic carbocycles. The average molecular weight is 248 g/mol. The molecule has 1 saturated heterocycles. The van der Waals surface area contributed by atoms with Gasteiger partial charge in [0.1, 0.15) is 0 Å². The zero-order valence-electron chi connectivity index (χ0n) is 10.2. The number of fused-ring (bicyclic) bond motifs is 1. The van der Waals surface area contributed by atoms with E-state index in [1.54, 1.807) is 11.1 Å². The molecular weight excluding hydrogens is 228 g/mol. The van der Waals surface area contributed by atoms with E-state index in [9.17, 15) is 0 Å². The average Bonchev–Trinajstić information content (AvgIpc) is 2.67. The maximum absolute atomic E-state index is 3.49. The molecule has 1 fully saturated rings. The predicted octanol–water partition coefficient (Wildman–Crippen LogP) is 2.27. The Bertz CT molecular complexity index is 372. The number of benzene rings is 1. The minimum Gasteiger partial charge on any atom is -0.315 e. The molecule has 1 aromatic carbocycles. The van der Waals surface area contributed by atoms with Crippen LogP contribution in [0.3, 0.4) is 0 Å². The smallest absolute Gasteiger partial charge is 0.0442 e. The van der Waals surface area contributed by atoms with E-state index in [1.165, 1.54) is 37.6 Å². The minimum atomic E-state index is 0.643. The Morgan fingerprint density at radius 1 is 1.18 bits per heavy atom. The molecule has 92 valence electrons. The van der Waals surface area contributed by atoms with Crippen LogP contribution < -0.4 is 5.32 Å². The van der Waals surface area contributed by atoms with Crippen molar-refractivity contribution in [2.45, 2.75) is 18.2 Å². The zero-order valence-corrected chi connectivity index (χ0v) is 11.0. The SMILES string of the molecule is c1ccc2c(c1)CSC[C@H]2N1CCCNCC1. The summed E-state index contributed by atoms with van der Waals surface area (Å²) in [5, 5.41) is 3.49. The molecule has 0 radical (unpaired) electrons. The summed E-state index contributed by atoms with van der Waals surface area (Å²) in [5.74, 6) is 2.45. The summed E-state index contributed by atoms with van der Waals surface area (Å²) in [4.78, 5) is 2.67. The van der Waals surface area contributed by atoms with Gasteiger partial charge in [0.25, 0.3) is 0 Å². The van der Waals surface area contributed by atoms with E-state index in [-0.39, 0.29) is 0 Å². The van der Waals surface area contributed by atoms with Crippen LogP contribution in [-0.4, -0.2) is 36.8 Å². The topological polar surface area (TPSA) is 15.3 Å².